The van der Waals surface area contributed by atoms with E-state index in [9.17, 15) is 5.11 Å². The molecule has 2 heterocycles. The number of nitrogens with zero attached hydrogens (tertiary/aromatic N) is 2. The number of aryl methyl sites for hydroxylation is 1. The number of rotatable bonds is 3. The van der Waals surface area contributed by atoms with Crippen LogP contribution in [0.1, 0.15) is 30.7 Å². The second-order valence-corrected chi connectivity index (χ2v) is 5.21. The Kier molecular flexibility index (Phi) is 3.69. The van der Waals surface area contributed by atoms with E-state index in [2.05, 4.69) is 10.1 Å². The van der Waals surface area contributed by atoms with E-state index < -0.39 is 0 Å². The molecule has 0 amide bonds. The van der Waals surface area contributed by atoms with Gasteiger partial charge < -0.3 is 14.4 Å². The Bertz CT molecular complexity index is 589. The molecular weight excluding hydrogens is 256 g/mol. The Balaban J connectivity index is 1.75. The van der Waals surface area contributed by atoms with Crippen LogP contribution in [-0.4, -0.2) is 28.0 Å². The number of phenols is 1. The first-order chi connectivity index (χ1) is 9.72. The summed E-state index contributed by atoms with van der Waals surface area (Å²) in [5.74, 6) is 1.41. The van der Waals surface area contributed by atoms with Crippen LogP contribution >= 0.6 is 0 Å². The zero-order chi connectivity index (χ0) is 13.9. The Morgan fingerprint density at radius 1 is 1.35 bits per heavy atom. The summed E-state index contributed by atoms with van der Waals surface area (Å²) in [4.78, 5) is 4.43. The maximum absolute atomic E-state index is 9.42. The molecule has 0 aliphatic carbocycles. The third-order valence-corrected chi connectivity index (χ3v) is 3.59. The minimum Gasteiger partial charge on any atom is -0.508 e. The van der Waals surface area contributed by atoms with Crippen molar-refractivity contribution in [1.29, 1.82) is 0 Å². The lowest BCUT2D eigenvalue weighted by atomic mass is 10.1. The van der Waals surface area contributed by atoms with Gasteiger partial charge in [0.2, 0.25) is 0 Å². The maximum atomic E-state index is 9.42. The molecule has 3 rings (SSSR count). The second kappa shape index (κ2) is 5.63. The van der Waals surface area contributed by atoms with Crippen LogP contribution in [0, 0.1) is 6.92 Å². The van der Waals surface area contributed by atoms with Crippen LogP contribution in [0.15, 0.2) is 22.7 Å². The highest BCUT2D eigenvalue weighted by Gasteiger charge is 2.18. The molecule has 0 bridgehead atoms. The van der Waals surface area contributed by atoms with Gasteiger partial charge in [-0.3, -0.25) is 0 Å². The third-order valence-electron chi connectivity index (χ3n) is 3.59. The van der Waals surface area contributed by atoms with Crippen molar-refractivity contribution >= 4 is 0 Å². The lowest BCUT2D eigenvalue weighted by Crippen LogP contribution is -2.21. The Labute approximate surface area is 117 Å². The molecule has 5 heteroatoms. The van der Waals surface area contributed by atoms with E-state index in [-0.39, 0.29) is 11.9 Å². The number of hydrogen-bond donors (Lipinski definition) is 1. The first-order valence-electron chi connectivity index (χ1n) is 6.96. The highest BCUT2D eigenvalue weighted by Crippen LogP contribution is 2.25. The summed E-state index contributed by atoms with van der Waals surface area (Å²) in [6.45, 7) is 2.73. The van der Waals surface area contributed by atoms with E-state index in [0.29, 0.717) is 18.1 Å². The zero-order valence-electron chi connectivity index (χ0n) is 11.5. The van der Waals surface area contributed by atoms with Gasteiger partial charge in [-0.15, -0.1) is 0 Å². The van der Waals surface area contributed by atoms with Crippen molar-refractivity contribution < 1.29 is 14.4 Å². The Morgan fingerprint density at radius 3 is 3.00 bits per heavy atom. The molecule has 0 spiro atoms. The number of ether oxygens (including phenoxy) is 1. The third kappa shape index (κ3) is 2.82. The lowest BCUT2D eigenvalue weighted by Gasteiger charge is -2.20. The van der Waals surface area contributed by atoms with E-state index in [1.807, 2.05) is 6.92 Å². The average molecular weight is 274 g/mol. The maximum Gasteiger partial charge on any atom is 0.258 e. The monoisotopic (exact) mass is 274 g/mol. The first kappa shape index (κ1) is 13.1. The molecule has 1 aliphatic rings. The summed E-state index contributed by atoms with van der Waals surface area (Å²) in [7, 11) is 0. The predicted molar refractivity (Wildman–Crippen MR) is 73.4 cm³/mol. The highest BCUT2D eigenvalue weighted by molar-refractivity contribution is 5.59. The average Bonchev–Trinajstić information content (AvgIpc) is 2.88. The quantitative estimate of drug-likeness (QED) is 0.932. The molecule has 1 N–H and O–H groups in total. The summed E-state index contributed by atoms with van der Waals surface area (Å²) >= 11 is 0. The van der Waals surface area contributed by atoms with Crippen LogP contribution in [0.5, 0.6) is 5.75 Å². The largest absolute Gasteiger partial charge is 0.508 e. The smallest absolute Gasteiger partial charge is 0.258 e. The van der Waals surface area contributed by atoms with E-state index in [1.165, 1.54) is 6.42 Å². The fourth-order valence-electron chi connectivity index (χ4n) is 2.51. The van der Waals surface area contributed by atoms with Gasteiger partial charge in [-0.25, -0.2) is 0 Å². The Hall–Kier alpha value is -1.88. The number of phenolic OH excluding ortho intramolecular Hbond substituents is 1. The fourth-order valence-corrected chi connectivity index (χ4v) is 2.51. The molecule has 0 radical (unpaired) electrons. The highest BCUT2D eigenvalue weighted by atomic mass is 16.5. The number of aromatic hydroxyl groups is 1. The van der Waals surface area contributed by atoms with Crippen molar-refractivity contribution in [3.05, 3.63) is 29.6 Å². The fraction of sp³-hybridized carbons (Fsp3) is 0.467. The SMILES string of the molecule is Cc1cc(O)ccc1-c1nc(CC2CCCCO2)no1. The molecule has 1 aromatic heterocycles. The lowest BCUT2D eigenvalue weighted by molar-refractivity contribution is 0.0153. The van der Waals surface area contributed by atoms with Crippen LogP contribution in [-0.2, 0) is 11.2 Å². The molecule has 1 saturated heterocycles. The molecule has 1 aromatic carbocycles. The topological polar surface area (TPSA) is 68.4 Å². The molecule has 5 nitrogen and oxygen atoms in total. The summed E-state index contributed by atoms with van der Waals surface area (Å²) in [5, 5.41) is 13.4. The standard InChI is InChI=1S/C15H18N2O3/c1-10-8-11(18)5-6-13(10)15-16-14(17-20-15)9-12-4-2-3-7-19-12/h5-6,8,12,18H,2-4,7,9H2,1H3. The van der Waals surface area contributed by atoms with Crippen LogP contribution in [0.4, 0.5) is 0 Å². The van der Waals surface area contributed by atoms with Crippen molar-refractivity contribution in [2.24, 2.45) is 0 Å². The van der Waals surface area contributed by atoms with Gasteiger partial charge in [0.05, 0.1) is 6.10 Å². The number of benzene rings is 1. The van der Waals surface area contributed by atoms with Crippen molar-refractivity contribution in [1.82, 2.24) is 10.1 Å². The van der Waals surface area contributed by atoms with Crippen molar-refractivity contribution in [2.45, 2.75) is 38.7 Å². The van der Waals surface area contributed by atoms with Crippen molar-refractivity contribution in [3.63, 3.8) is 0 Å². The van der Waals surface area contributed by atoms with Gasteiger partial charge in [0.15, 0.2) is 5.82 Å². The molecule has 1 atom stereocenters. The molecule has 20 heavy (non-hydrogen) atoms. The normalized spacial score (nSPS) is 19.1. The second-order valence-electron chi connectivity index (χ2n) is 5.21. The summed E-state index contributed by atoms with van der Waals surface area (Å²) in [5.41, 5.74) is 1.76. The van der Waals surface area contributed by atoms with Crippen LogP contribution in [0.3, 0.4) is 0 Å². The van der Waals surface area contributed by atoms with Gasteiger partial charge in [-0.05, 0) is 49.9 Å². The molecule has 1 unspecified atom stereocenters. The van der Waals surface area contributed by atoms with Gasteiger partial charge in [0.25, 0.3) is 5.89 Å². The Morgan fingerprint density at radius 2 is 2.25 bits per heavy atom. The van der Waals surface area contributed by atoms with Crippen molar-refractivity contribution in [3.8, 4) is 17.2 Å². The number of hydrogen-bond acceptors (Lipinski definition) is 5. The summed E-state index contributed by atoms with van der Waals surface area (Å²) < 4.78 is 11.0. The van der Waals surface area contributed by atoms with Gasteiger partial charge in [-0.1, -0.05) is 5.16 Å². The first-order valence-corrected chi connectivity index (χ1v) is 6.96. The molecule has 0 saturated carbocycles. The molecule has 1 aliphatic heterocycles. The van der Waals surface area contributed by atoms with E-state index in [0.717, 1.165) is 30.6 Å². The van der Waals surface area contributed by atoms with Gasteiger partial charge in [0, 0.05) is 18.6 Å². The zero-order valence-corrected chi connectivity index (χ0v) is 11.5. The number of aromatic nitrogens is 2. The van der Waals surface area contributed by atoms with Gasteiger partial charge in [0.1, 0.15) is 5.75 Å². The summed E-state index contributed by atoms with van der Waals surface area (Å²) in [6, 6.07) is 5.10. The minimum atomic E-state index is 0.204. The molecule has 2 aromatic rings. The van der Waals surface area contributed by atoms with Crippen LogP contribution in [0.25, 0.3) is 11.5 Å². The van der Waals surface area contributed by atoms with Gasteiger partial charge in [-0.2, -0.15) is 4.98 Å². The predicted octanol–water partition coefficient (Wildman–Crippen LogP) is 2.86. The van der Waals surface area contributed by atoms with E-state index in [1.54, 1.807) is 18.2 Å². The van der Waals surface area contributed by atoms with E-state index >= 15 is 0 Å². The van der Waals surface area contributed by atoms with E-state index in [4.69, 9.17) is 9.26 Å². The van der Waals surface area contributed by atoms with Crippen molar-refractivity contribution in [2.75, 3.05) is 6.61 Å². The molecule has 106 valence electrons. The van der Waals surface area contributed by atoms with Gasteiger partial charge >= 0.3 is 0 Å². The molecule has 1 fully saturated rings. The summed E-state index contributed by atoms with van der Waals surface area (Å²) in [6.07, 6.45) is 4.30. The minimum absolute atomic E-state index is 0.204. The van der Waals surface area contributed by atoms with Crippen LogP contribution in [0.2, 0.25) is 0 Å². The molecular formula is C15H18N2O3. The van der Waals surface area contributed by atoms with Crippen LogP contribution < -0.4 is 0 Å².